The summed E-state index contributed by atoms with van der Waals surface area (Å²) in [7, 11) is 1.80. The Morgan fingerprint density at radius 2 is 2.12 bits per heavy atom. The maximum atomic E-state index is 12.2. The smallest absolute Gasteiger partial charge is 0.322 e. The van der Waals surface area contributed by atoms with Gasteiger partial charge in [0.1, 0.15) is 22.0 Å². The van der Waals surface area contributed by atoms with Crippen molar-refractivity contribution >= 4 is 34.3 Å². The van der Waals surface area contributed by atoms with Crippen molar-refractivity contribution in [3.63, 3.8) is 0 Å². The van der Waals surface area contributed by atoms with Crippen molar-refractivity contribution in [1.82, 2.24) is 24.8 Å². The molecule has 7 nitrogen and oxygen atoms in total. The third-order valence-electron chi connectivity index (χ3n) is 3.89. The van der Waals surface area contributed by atoms with Gasteiger partial charge in [0, 0.05) is 24.2 Å². The fourth-order valence-electron chi connectivity index (χ4n) is 2.37. The van der Waals surface area contributed by atoms with E-state index in [2.05, 4.69) is 25.3 Å². The lowest BCUT2D eigenvalue weighted by molar-refractivity contribution is 0.220. The molecule has 4 rings (SSSR count). The van der Waals surface area contributed by atoms with Gasteiger partial charge in [0.2, 0.25) is 0 Å². The van der Waals surface area contributed by atoms with Gasteiger partial charge >= 0.3 is 6.03 Å². The van der Waals surface area contributed by atoms with Gasteiger partial charge in [-0.25, -0.2) is 19.7 Å². The number of nitrogens with one attached hydrogen (secondary N) is 1. The van der Waals surface area contributed by atoms with Crippen LogP contribution in [0, 0.1) is 6.92 Å². The number of pyridine rings is 1. The number of amides is 2. The summed E-state index contributed by atoms with van der Waals surface area (Å²) in [5, 5.41) is 5.60. The zero-order chi connectivity index (χ0) is 16.7. The molecule has 8 heteroatoms. The molecule has 3 aromatic rings. The topological polar surface area (TPSA) is 83.9 Å². The molecule has 3 heterocycles. The molecule has 0 aromatic carbocycles. The molecule has 0 saturated heterocycles. The second-order valence-electron chi connectivity index (χ2n) is 5.86. The highest BCUT2D eigenvalue weighted by atomic mass is 32.1. The Hall–Kier alpha value is -2.61. The van der Waals surface area contributed by atoms with Gasteiger partial charge in [0.25, 0.3) is 0 Å². The molecule has 0 aliphatic heterocycles. The third-order valence-corrected chi connectivity index (χ3v) is 4.88. The molecule has 1 aliphatic carbocycles. The summed E-state index contributed by atoms with van der Waals surface area (Å²) in [4.78, 5) is 31.6. The number of thiazole rings is 1. The Morgan fingerprint density at radius 3 is 2.83 bits per heavy atom. The number of hydrogen-bond donors (Lipinski definition) is 1. The number of hydrogen-bond acceptors (Lipinski definition) is 6. The van der Waals surface area contributed by atoms with E-state index in [0.29, 0.717) is 28.7 Å². The number of nitrogens with zero attached hydrogens (tertiary/aromatic N) is 5. The number of rotatable bonds is 3. The molecular formula is C16H16N6OS. The molecular weight excluding hydrogens is 324 g/mol. The van der Waals surface area contributed by atoms with Crippen molar-refractivity contribution in [2.24, 2.45) is 0 Å². The van der Waals surface area contributed by atoms with E-state index in [4.69, 9.17) is 0 Å². The van der Waals surface area contributed by atoms with E-state index in [1.807, 2.05) is 12.3 Å². The van der Waals surface area contributed by atoms with Crippen LogP contribution in [0.25, 0.3) is 21.9 Å². The van der Waals surface area contributed by atoms with Gasteiger partial charge in [-0.1, -0.05) is 0 Å². The van der Waals surface area contributed by atoms with Crippen LogP contribution in [0.3, 0.4) is 0 Å². The Labute approximate surface area is 142 Å². The molecule has 0 bridgehead atoms. The summed E-state index contributed by atoms with van der Waals surface area (Å²) < 4.78 is 0. The summed E-state index contributed by atoms with van der Waals surface area (Å²) in [6.45, 7) is 1.94. The van der Waals surface area contributed by atoms with E-state index in [9.17, 15) is 4.79 Å². The van der Waals surface area contributed by atoms with Crippen LogP contribution in [0.15, 0.2) is 23.7 Å². The Morgan fingerprint density at radius 1 is 1.29 bits per heavy atom. The fourth-order valence-corrected chi connectivity index (χ4v) is 3.12. The minimum absolute atomic E-state index is 0.149. The molecule has 3 aromatic heterocycles. The maximum absolute atomic E-state index is 12.2. The highest BCUT2D eigenvalue weighted by molar-refractivity contribution is 7.13. The molecule has 1 N–H and O–H groups in total. The normalized spacial score (nSPS) is 13.9. The molecule has 24 heavy (non-hydrogen) atoms. The molecule has 122 valence electrons. The lowest BCUT2D eigenvalue weighted by atomic mass is 10.3. The number of aryl methyl sites for hydroxylation is 1. The minimum Gasteiger partial charge on any atom is -0.325 e. The van der Waals surface area contributed by atoms with Gasteiger partial charge in [-0.3, -0.25) is 10.3 Å². The number of urea groups is 1. The maximum Gasteiger partial charge on any atom is 0.322 e. The van der Waals surface area contributed by atoms with Crippen LogP contribution >= 0.6 is 11.3 Å². The molecule has 1 aliphatic rings. The first-order valence-corrected chi connectivity index (χ1v) is 8.58. The standard InChI is InChI=1S/C16H16N6OS/c1-9-8-24-15(18-9)12-7-17-11-5-6-13(20-14(11)19-12)21-16(23)22(2)10-3-4-10/h5-8,10H,3-4H2,1-2H3,(H,19,20,21,23). The van der Waals surface area contributed by atoms with Gasteiger partial charge in [-0.2, -0.15) is 0 Å². The van der Waals surface area contributed by atoms with Gasteiger partial charge in [0.15, 0.2) is 5.65 Å². The van der Waals surface area contributed by atoms with Crippen LogP contribution in [0.4, 0.5) is 10.6 Å². The molecule has 0 atom stereocenters. The van der Waals surface area contributed by atoms with Crippen molar-refractivity contribution in [2.75, 3.05) is 12.4 Å². The predicted octanol–water partition coefficient (Wildman–Crippen LogP) is 3.08. The third kappa shape index (κ3) is 2.92. The van der Waals surface area contributed by atoms with Crippen LogP contribution in [0.1, 0.15) is 18.5 Å². The number of anilines is 1. The second-order valence-corrected chi connectivity index (χ2v) is 6.72. The van der Waals surface area contributed by atoms with Gasteiger partial charge in [-0.05, 0) is 31.9 Å². The largest absolute Gasteiger partial charge is 0.325 e. The zero-order valence-corrected chi connectivity index (χ0v) is 14.2. The minimum atomic E-state index is -0.149. The highest BCUT2D eigenvalue weighted by Gasteiger charge is 2.29. The van der Waals surface area contributed by atoms with Crippen LogP contribution in [-0.2, 0) is 0 Å². The quantitative estimate of drug-likeness (QED) is 0.792. The summed E-state index contributed by atoms with van der Waals surface area (Å²) in [5.41, 5.74) is 2.81. The molecule has 0 spiro atoms. The Kier molecular flexibility index (Phi) is 3.61. The SMILES string of the molecule is Cc1csc(-c2cnc3ccc(NC(=O)N(C)C4CC4)nc3n2)n1. The van der Waals surface area contributed by atoms with E-state index < -0.39 is 0 Å². The van der Waals surface area contributed by atoms with Crippen molar-refractivity contribution in [3.8, 4) is 10.7 Å². The molecule has 1 fully saturated rings. The zero-order valence-electron chi connectivity index (χ0n) is 13.4. The van der Waals surface area contributed by atoms with E-state index in [1.165, 1.54) is 11.3 Å². The van der Waals surface area contributed by atoms with Crippen LogP contribution < -0.4 is 5.32 Å². The van der Waals surface area contributed by atoms with Gasteiger partial charge < -0.3 is 4.90 Å². The van der Waals surface area contributed by atoms with Crippen molar-refractivity contribution < 1.29 is 4.79 Å². The number of fused-ring (bicyclic) bond motifs is 1. The average molecular weight is 340 g/mol. The van der Waals surface area contributed by atoms with Crippen LogP contribution in [0.5, 0.6) is 0 Å². The van der Waals surface area contributed by atoms with E-state index in [1.54, 1.807) is 30.3 Å². The molecule has 0 radical (unpaired) electrons. The fraction of sp³-hybridized carbons (Fsp3) is 0.312. The Balaban J connectivity index is 1.62. The van der Waals surface area contributed by atoms with Crippen molar-refractivity contribution in [2.45, 2.75) is 25.8 Å². The van der Waals surface area contributed by atoms with E-state index in [-0.39, 0.29) is 6.03 Å². The van der Waals surface area contributed by atoms with Crippen molar-refractivity contribution in [3.05, 3.63) is 29.4 Å². The summed E-state index contributed by atoms with van der Waals surface area (Å²) in [6, 6.07) is 3.75. The molecule has 1 saturated carbocycles. The Bertz CT molecular complexity index is 920. The average Bonchev–Trinajstić information content (AvgIpc) is 3.34. The van der Waals surface area contributed by atoms with Crippen LogP contribution in [-0.4, -0.2) is 44.0 Å². The second kappa shape index (κ2) is 5.79. The first kappa shape index (κ1) is 14.9. The predicted molar refractivity (Wildman–Crippen MR) is 93.0 cm³/mol. The van der Waals surface area contributed by atoms with Crippen molar-refractivity contribution in [1.29, 1.82) is 0 Å². The number of aromatic nitrogens is 4. The van der Waals surface area contributed by atoms with E-state index >= 15 is 0 Å². The summed E-state index contributed by atoms with van der Waals surface area (Å²) in [6.07, 6.45) is 3.83. The van der Waals surface area contributed by atoms with Gasteiger partial charge in [0.05, 0.1) is 6.20 Å². The highest BCUT2D eigenvalue weighted by Crippen LogP contribution is 2.26. The first-order valence-electron chi connectivity index (χ1n) is 7.70. The first-order chi connectivity index (χ1) is 11.6. The summed E-state index contributed by atoms with van der Waals surface area (Å²) >= 11 is 1.52. The summed E-state index contributed by atoms with van der Waals surface area (Å²) in [5.74, 6) is 0.474. The lowest BCUT2D eigenvalue weighted by Gasteiger charge is -2.16. The van der Waals surface area contributed by atoms with Gasteiger partial charge in [-0.15, -0.1) is 11.3 Å². The van der Waals surface area contributed by atoms with Crippen LogP contribution in [0.2, 0.25) is 0 Å². The lowest BCUT2D eigenvalue weighted by Crippen LogP contribution is -2.33. The number of carbonyl (C=O) groups is 1. The molecule has 2 amide bonds. The molecule has 0 unspecified atom stereocenters. The number of carbonyl (C=O) groups excluding carboxylic acids is 1. The monoisotopic (exact) mass is 340 g/mol. The van der Waals surface area contributed by atoms with E-state index in [0.717, 1.165) is 23.5 Å².